The molecule has 3 heterocycles. The fourth-order valence-electron chi connectivity index (χ4n) is 5.88. The first-order valence-electron chi connectivity index (χ1n) is 15.2. The fraction of sp³-hybridized carbons (Fsp3) is 0.382. The monoisotopic (exact) mass is 626 g/mol. The Balaban J connectivity index is 1.09. The van der Waals surface area contributed by atoms with Crippen molar-refractivity contribution in [1.29, 1.82) is 10.5 Å². The topological polar surface area (TPSA) is 137 Å². The van der Waals surface area contributed by atoms with Crippen LogP contribution in [-0.2, 0) is 30.9 Å². The maximum absolute atomic E-state index is 14.4. The number of nitrogens with zero attached hydrogens (tertiary/aromatic N) is 6. The highest BCUT2D eigenvalue weighted by atomic mass is 19.1. The number of nitriles is 2. The molecule has 6 rings (SSSR count). The third-order valence-electron chi connectivity index (χ3n) is 8.67. The predicted molar refractivity (Wildman–Crippen MR) is 162 cm³/mol. The molecular weight excluding hydrogens is 594 g/mol. The molecule has 236 valence electrons. The van der Waals surface area contributed by atoms with Crippen molar-refractivity contribution in [1.82, 2.24) is 19.4 Å². The van der Waals surface area contributed by atoms with Crippen LogP contribution in [0.25, 0.3) is 11.0 Å². The smallest absolute Gasteiger partial charge is 0.307 e. The van der Waals surface area contributed by atoms with E-state index in [9.17, 15) is 23.9 Å². The maximum atomic E-state index is 14.4. The van der Waals surface area contributed by atoms with Gasteiger partial charge in [-0.1, -0.05) is 12.1 Å². The first kappa shape index (κ1) is 30.9. The van der Waals surface area contributed by atoms with E-state index in [0.29, 0.717) is 37.9 Å². The van der Waals surface area contributed by atoms with Gasteiger partial charge in [0.05, 0.1) is 41.7 Å². The summed E-state index contributed by atoms with van der Waals surface area (Å²) in [5.41, 5.74) is 2.68. The third kappa shape index (κ3) is 7.08. The molecule has 0 bridgehead atoms. The van der Waals surface area contributed by atoms with Crippen molar-refractivity contribution in [2.24, 2.45) is 5.41 Å². The number of ether oxygens (including phenoxy) is 2. The van der Waals surface area contributed by atoms with E-state index in [1.165, 1.54) is 24.3 Å². The lowest BCUT2D eigenvalue weighted by Gasteiger charge is -2.32. The maximum Gasteiger partial charge on any atom is 0.307 e. The minimum atomic E-state index is -0.892. The Labute approximate surface area is 264 Å². The highest BCUT2D eigenvalue weighted by Crippen LogP contribution is 2.50. The van der Waals surface area contributed by atoms with Gasteiger partial charge < -0.3 is 19.1 Å². The molecule has 1 saturated carbocycles. The lowest BCUT2D eigenvalue weighted by Crippen LogP contribution is -2.38. The van der Waals surface area contributed by atoms with Crippen LogP contribution in [0.3, 0.4) is 0 Å². The molecule has 1 N–H and O–H groups in total. The second kappa shape index (κ2) is 13.1. The number of aliphatic carboxylic acids is 1. The van der Waals surface area contributed by atoms with Gasteiger partial charge in [0.1, 0.15) is 24.4 Å². The summed E-state index contributed by atoms with van der Waals surface area (Å²) >= 11 is 0. The van der Waals surface area contributed by atoms with E-state index in [4.69, 9.17) is 19.7 Å². The highest BCUT2D eigenvalue weighted by Gasteiger charge is 2.43. The minimum Gasteiger partial charge on any atom is -0.481 e. The zero-order valence-electron chi connectivity index (χ0n) is 25.1. The van der Waals surface area contributed by atoms with Crippen LogP contribution in [0.15, 0.2) is 48.5 Å². The zero-order valence-corrected chi connectivity index (χ0v) is 25.1. The van der Waals surface area contributed by atoms with Gasteiger partial charge in [-0.05, 0) is 61.6 Å². The van der Waals surface area contributed by atoms with Gasteiger partial charge in [0.2, 0.25) is 5.88 Å². The second-order valence-corrected chi connectivity index (χ2v) is 12.1. The number of carboxylic acids is 1. The molecule has 2 aromatic heterocycles. The van der Waals surface area contributed by atoms with E-state index >= 15 is 0 Å². The lowest BCUT2D eigenvalue weighted by molar-refractivity contribution is -0.136. The van der Waals surface area contributed by atoms with Crippen molar-refractivity contribution in [3.63, 3.8) is 0 Å². The van der Waals surface area contributed by atoms with Crippen molar-refractivity contribution in [2.45, 2.75) is 64.3 Å². The van der Waals surface area contributed by atoms with E-state index < -0.39 is 17.6 Å². The molecule has 1 aliphatic heterocycles. The molecule has 0 spiro atoms. The van der Waals surface area contributed by atoms with Crippen LogP contribution < -0.4 is 9.47 Å². The SMILES string of the molecule is N#CCC1(Cn2c(CN3CCC(Oc4ccc(F)c(OCc5ccc(C#N)cc5F)n4)CC3)nc3ccc(CC(=O)O)cc32)CC1. The Hall–Kier alpha value is -5.07. The van der Waals surface area contributed by atoms with Gasteiger partial charge in [0, 0.05) is 43.1 Å². The first-order valence-corrected chi connectivity index (χ1v) is 15.2. The number of pyridine rings is 1. The average Bonchev–Trinajstić information content (AvgIpc) is 3.72. The summed E-state index contributed by atoms with van der Waals surface area (Å²) < 4.78 is 42.4. The highest BCUT2D eigenvalue weighted by molar-refractivity contribution is 5.79. The normalized spacial score (nSPS) is 16.1. The van der Waals surface area contributed by atoms with Crippen molar-refractivity contribution >= 4 is 17.0 Å². The molecule has 0 unspecified atom stereocenters. The molecule has 46 heavy (non-hydrogen) atoms. The molecule has 2 aromatic carbocycles. The first-order chi connectivity index (χ1) is 22.2. The number of likely N-dealkylation sites (tertiary alicyclic amines) is 1. The van der Waals surface area contributed by atoms with Gasteiger partial charge in [-0.15, -0.1) is 0 Å². The van der Waals surface area contributed by atoms with Crippen LogP contribution in [0.1, 0.15) is 54.6 Å². The molecule has 1 aliphatic carbocycles. The van der Waals surface area contributed by atoms with Gasteiger partial charge in [-0.3, -0.25) is 9.69 Å². The van der Waals surface area contributed by atoms with Gasteiger partial charge in [0.25, 0.3) is 5.88 Å². The second-order valence-electron chi connectivity index (χ2n) is 12.1. The van der Waals surface area contributed by atoms with Crippen LogP contribution in [0.4, 0.5) is 8.78 Å². The Morgan fingerprint density at radius 1 is 1.04 bits per heavy atom. The summed E-state index contributed by atoms with van der Waals surface area (Å²) in [6.45, 7) is 2.46. The number of rotatable bonds is 12. The van der Waals surface area contributed by atoms with Crippen LogP contribution >= 0.6 is 0 Å². The summed E-state index contributed by atoms with van der Waals surface area (Å²) in [6.07, 6.45) is 3.61. The number of benzene rings is 2. The zero-order chi connectivity index (χ0) is 32.3. The van der Waals surface area contributed by atoms with E-state index in [1.807, 2.05) is 18.2 Å². The minimum absolute atomic E-state index is 0.0678. The number of hydrogen-bond acceptors (Lipinski definition) is 8. The fourth-order valence-corrected chi connectivity index (χ4v) is 5.88. The van der Waals surface area contributed by atoms with Gasteiger partial charge in [0.15, 0.2) is 5.82 Å². The number of piperidine rings is 1. The number of imidazole rings is 1. The third-order valence-corrected chi connectivity index (χ3v) is 8.67. The quantitative estimate of drug-likeness (QED) is 0.215. The summed E-state index contributed by atoms with van der Waals surface area (Å²) in [4.78, 5) is 22.7. The van der Waals surface area contributed by atoms with Crippen LogP contribution in [0.2, 0.25) is 0 Å². The molecule has 2 fully saturated rings. The standard InChI is InChI=1S/C34H32F2N6O4/c35-26-4-6-31(40-33(26)45-20-24-3-1-23(18-38)15-27(24)36)46-25-7-13-41(14-8-25)19-30-39-28-5-2-22(17-32(43)44)16-29(28)42(30)21-34(9-10-34)11-12-37/h1-6,15-16,25H,7-11,13-14,17,19-21H2,(H,43,44). The van der Waals surface area contributed by atoms with E-state index in [0.717, 1.165) is 48.9 Å². The van der Waals surface area contributed by atoms with Crippen molar-refractivity contribution in [3.8, 4) is 23.9 Å². The number of carbonyl (C=O) groups is 1. The van der Waals surface area contributed by atoms with Crippen molar-refractivity contribution in [2.75, 3.05) is 13.1 Å². The molecule has 4 aromatic rings. The van der Waals surface area contributed by atoms with E-state index in [-0.39, 0.29) is 47.4 Å². The number of fused-ring (bicyclic) bond motifs is 1. The van der Waals surface area contributed by atoms with Crippen LogP contribution in [0, 0.1) is 39.7 Å². The Morgan fingerprint density at radius 2 is 1.85 bits per heavy atom. The lowest BCUT2D eigenvalue weighted by atomic mass is 10.0. The molecule has 0 amide bonds. The molecule has 2 aliphatic rings. The van der Waals surface area contributed by atoms with E-state index in [2.05, 4.69) is 20.5 Å². The summed E-state index contributed by atoms with van der Waals surface area (Å²) in [7, 11) is 0. The van der Waals surface area contributed by atoms with Gasteiger partial charge in [-0.2, -0.15) is 15.5 Å². The molecule has 10 nitrogen and oxygen atoms in total. The molecule has 0 radical (unpaired) electrons. The predicted octanol–water partition coefficient (Wildman–Crippen LogP) is 5.52. The van der Waals surface area contributed by atoms with Crippen molar-refractivity contribution in [3.05, 3.63) is 82.7 Å². The molecule has 12 heteroatoms. The number of hydrogen-bond donors (Lipinski definition) is 1. The Kier molecular flexibility index (Phi) is 8.82. The largest absolute Gasteiger partial charge is 0.481 e. The van der Waals surface area contributed by atoms with Crippen LogP contribution in [-0.4, -0.2) is 49.7 Å². The summed E-state index contributed by atoms with van der Waals surface area (Å²) in [5, 5.41) is 27.6. The number of aromatic nitrogens is 3. The van der Waals surface area contributed by atoms with E-state index in [1.54, 1.807) is 6.07 Å². The Morgan fingerprint density at radius 3 is 2.54 bits per heavy atom. The van der Waals surface area contributed by atoms with Crippen LogP contribution in [0.5, 0.6) is 11.8 Å². The molecule has 1 saturated heterocycles. The summed E-state index contributed by atoms with van der Waals surface area (Å²) in [5.74, 6) is -1.41. The number of carboxylic acid groups (broad SMARTS) is 1. The molecule has 0 atom stereocenters. The average molecular weight is 627 g/mol. The summed E-state index contributed by atoms with van der Waals surface area (Å²) in [6, 6.07) is 16.4. The Bertz CT molecular complexity index is 1850. The molecular formula is C34H32F2N6O4. The van der Waals surface area contributed by atoms with Crippen molar-refractivity contribution < 1.29 is 28.2 Å². The van der Waals surface area contributed by atoms with Gasteiger partial charge in [-0.25, -0.2) is 13.8 Å². The number of halogens is 2. The van der Waals surface area contributed by atoms with Gasteiger partial charge >= 0.3 is 5.97 Å².